The first-order valence-electron chi connectivity index (χ1n) is 12.0. The van der Waals surface area contributed by atoms with Gasteiger partial charge < -0.3 is 10.2 Å². The molecule has 0 saturated carbocycles. The van der Waals surface area contributed by atoms with Crippen molar-refractivity contribution < 1.29 is 55.8 Å². The fourth-order valence-corrected chi connectivity index (χ4v) is 5.91. The fraction of sp³-hybridized carbons (Fsp3) is 0.310. The van der Waals surface area contributed by atoms with E-state index in [1.165, 1.54) is 22.4 Å². The summed E-state index contributed by atoms with van der Waals surface area (Å²) >= 11 is 8.45. The fourth-order valence-electron chi connectivity index (χ4n) is 4.29. The Morgan fingerprint density at radius 1 is 1.03 bits per heavy atom. The largest absolute Gasteiger partial charge is 1.00 e. The average Bonchev–Trinajstić information content (AvgIpc) is 3.16. The summed E-state index contributed by atoms with van der Waals surface area (Å²) < 4.78 is 14.8. The molecule has 178 valence electrons. The van der Waals surface area contributed by atoms with Gasteiger partial charge in [-0.15, -0.1) is 17.9 Å². The summed E-state index contributed by atoms with van der Waals surface area (Å²) in [4.78, 5) is 3.45. The minimum atomic E-state index is -0.231. The molecule has 0 unspecified atom stereocenters. The van der Waals surface area contributed by atoms with Gasteiger partial charge in [0.25, 0.3) is 0 Å². The number of unbranched alkanes of at least 4 members (excludes halogenated alkanes) is 1. The van der Waals surface area contributed by atoms with Crippen LogP contribution in [0, 0.1) is 5.82 Å². The Kier molecular flexibility index (Phi) is 11.7. The van der Waals surface area contributed by atoms with E-state index < -0.39 is 0 Å². The molecule has 35 heavy (non-hydrogen) atoms. The van der Waals surface area contributed by atoms with Gasteiger partial charge in [0, 0.05) is 23.2 Å². The van der Waals surface area contributed by atoms with E-state index in [0.717, 1.165) is 66.1 Å². The molecule has 0 amide bonds. The van der Waals surface area contributed by atoms with Crippen LogP contribution in [0.4, 0.5) is 4.39 Å². The molecule has 0 radical (unpaired) electrons. The van der Waals surface area contributed by atoms with Crippen LogP contribution in [-0.2, 0) is 6.54 Å². The Bertz CT molecular complexity index is 1290. The minimum absolute atomic E-state index is 0. The van der Waals surface area contributed by atoms with E-state index in [-0.39, 0.29) is 57.2 Å². The van der Waals surface area contributed by atoms with Crippen molar-refractivity contribution in [2.75, 3.05) is 19.6 Å². The number of fused-ring (bicyclic) bond motifs is 2. The zero-order valence-corrected chi connectivity index (χ0v) is 25.6. The van der Waals surface area contributed by atoms with Gasteiger partial charge in [-0.1, -0.05) is 74.3 Å². The molecule has 0 spiro atoms. The van der Waals surface area contributed by atoms with Crippen molar-refractivity contribution in [2.24, 2.45) is 0 Å². The molecule has 0 atom stereocenters. The molecule has 6 heteroatoms. The zero-order chi connectivity index (χ0) is 23.9. The van der Waals surface area contributed by atoms with E-state index in [9.17, 15) is 4.39 Å². The summed E-state index contributed by atoms with van der Waals surface area (Å²) in [6.07, 6.45) is 5.26. The van der Waals surface area contributed by atoms with E-state index in [0.29, 0.717) is 5.02 Å². The third kappa shape index (κ3) is 7.39. The van der Waals surface area contributed by atoms with Crippen LogP contribution in [0.25, 0.3) is 31.9 Å². The molecule has 3 aromatic carbocycles. The molecule has 0 N–H and O–H groups in total. The Labute approximate surface area is 260 Å². The van der Waals surface area contributed by atoms with Gasteiger partial charge >= 0.3 is 51.4 Å². The summed E-state index contributed by atoms with van der Waals surface area (Å²) in [5.41, 5.74) is 2.40. The summed E-state index contributed by atoms with van der Waals surface area (Å²) in [7, 11) is 0. The van der Waals surface area contributed by atoms with Gasteiger partial charge in [0.15, 0.2) is 0 Å². The normalized spacial score (nSPS) is 11.7. The van der Waals surface area contributed by atoms with Gasteiger partial charge in [0.2, 0.25) is 0 Å². The van der Waals surface area contributed by atoms with Crippen LogP contribution >= 0.6 is 22.9 Å². The van der Waals surface area contributed by atoms with Crippen LogP contribution in [0.15, 0.2) is 66.7 Å². The average molecular weight is 533 g/mol. The Morgan fingerprint density at radius 3 is 2.60 bits per heavy atom. The molecule has 2 nitrogen and oxygen atoms in total. The van der Waals surface area contributed by atoms with Crippen LogP contribution < -0.4 is 51.4 Å². The van der Waals surface area contributed by atoms with Crippen molar-refractivity contribution >= 4 is 49.5 Å². The molecule has 1 heterocycles. The summed E-state index contributed by atoms with van der Waals surface area (Å²) in [6.45, 7) is 7.71. The molecule has 0 saturated heterocycles. The summed E-state index contributed by atoms with van der Waals surface area (Å²) in [5, 5.41) is 8.61. The van der Waals surface area contributed by atoms with Crippen LogP contribution in [-0.4, -0.2) is 24.5 Å². The second-order valence-corrected chi connectivity index (χ2v) is 9.89. The van der Waals surface area contributed by atoms with Crippen molar-refractivity contribution in [1.82, 2.24) is 4.90 Å². The first-order valence-corrected chi connectivity index (χ1v) is 13.2. The number of benzene rings is 3. The molecular weight excluding hydrogens is 502 g/mol. The van der Waals surface area contributed by atoms with Gasteiger partial charge in [0.05, 0.1) is 15.6 Å². The third-order valence-corrected chi connectivity index (χ3v) is 7.65. The maximum absolute atomic E-state index is 13.9. The minimum Gasteiger partial charge on any atom is -0.662 e. The van der Waals surface area contributed by atoms with E-state index in [1.807, 2.05) is 0 Å². The molecule has 0 aliphatic carbocycles. The second kappa shape index (κ2) is 14.2. The Hall–Kier alpha value is -0.764. The number of rotatable bonds is 11. The smallest absolute Gasteiger partial charge is 0.662 e. The number of allylic oxidation sites excluding steroid dienone is 1. The molecule has 4 aromatic rings. The summed E-state index contributed by atoms with van der Waals surface area (Å²) in [6, 6.07) is 20.0. The molecule has 0 bridgehead atoms. The van der Waals surface area contributed by atoms with Crippen molar-refractivity contribution in [3.05, 3.63) is 93.3 Å². The number of hydrogen-bond donors (Lipinski definition) is 0. The van der Waals surface area contributed by atoms with Crippen molar-refractivity contribution in [2.45, 2.75) is 39.7 Å². The van der Waals surface area contributed by atoms with Crippen molar-refractivity contribution in [1.29, 1.82) is 0 Å². The van der Waals surface area contributed by atoms with Gasteiger partial charge in [-0.2, -0.15) is 6.54 Å². The molecule has 4 rings (SSSR count). The predicted molar refractivity (Wildman–Crippen MR) is 147 cm³/mol. The number of thiophene rings is 1. The first-order chi connectivity index (χ1) is 16.6. The Balaban J connectivity index is 0.00000342. The number of hydrogen-bond acceptors (Lipinski definition) is 2. The van der Waals surface area contributed by atoms with Crippen LogP contribution in [0.1, 0.15) is 43.6 Å². The van der Waals surface area contributed by atoms with Crippen LogP contribution in [0.3, 0.4) is 0 Å². The molecule has 1 aromatic heterocycles. The quantitative estimate of drug-likeness (QED) is 0.164. The standard InChI is InChI=1S/C29H31ClFN2S.K/c1-3-9-26(29-28(30)25-15-14-24(31)19-27(25)34-29)33(17-8-7-16-32-4-2)20-21-12-13-22-10-5-6-11-23(22)18-21;/h5-6,9-15,18-19H,3-4,7-8,16-17,20H2,1-2H3;/q-1;+1/b26-9+;. The van der Waals surface area contributed by atoms with Crippen molar-refractivity contribution in [3.63, 3.8) is 0 Å². The van der Waals surface area contributed by atoms with Gasteiger partial charge in [-0.25, -0.2) is 4.39 Å². The van der Waals surface area contributed by atoms with Gasteiger partial charge in [-0.3, -0.25) is 0 Å². The Morgan fingerprint density at radius 2 is 1.83 bits per heavy atom. The maximum Gasteiger partial charge on any atom is 1.00 e. The topological polar surface area (TPSA) is 17.3 Å². The van der Waals surface area contributed by atoms with E-state index >= 15 is 0 Å². The predicted octanol–water partition coefficient (Wildman–Crippen LogP) is 6.28. The van der Waals surface area contributed by atoms with E-state index in [4.69, 9.17) is 11.6 Å². The van der Waals surface area contributed by atoms with Crippen LogP contribution in [0.5, 0.6) is 0 Å². The van der Waals surface area contributed by atoms with Crippen LogP contribution in [0.2, 0.25) is 5.02 Å². The van der Waals surface area contributed by atoms with E-state index in [1.54, 1.807) is 23.5 Å². The van der Waals surface area contributed by atoms with Crippen molar-refractivity contribution in [3.8, 4) is 0 Å². The first kappa shape index (κ1) is 28.8. The third-order valence-electron chi connectivity index (χ3n) is 5.97. The maximum atomic E-state index is 13.9. The van der Waals surface area contributed by atoms with E-state index in [2.05, 4.69) is 72.6 Å². The number of nitrogens with zero attached hydrogens (tertiary/aromatic N) is 2. The monoisotopic (exact) mass is 532 g/mol. The molecular formula is C29H31ClFKN2S. The SMILES string of the molecule is CC/C=C(\c1sc2cc(F)ccc2c1Cl)N(CCCC[N-]CC)Cc1ccc2ccccc2c1.[K+]. The molecule has 0 aliphatic rings. The number of halogens is 2. The molecule has 0 aliphatic heterocycles. The van der Waals surface area contributed by atoms with Gasteiger partial charge in [-0.05, 0) is 53.4 Å². The zero-order valence-electron chi connectivity index (χ0n) is 20.9. The second-order valence-electron chi connectivity index (χ2n) is 8.46. The molecule has 0 fully saturated rings. The van der Waals surface area contributed by atoms with Gasteiger partial charge in [0.1, 0.15) is 5.82 Å². The summed E-state index contributed by atoms with van der Waals surface area (Å²) in [5.74, 6) is -0.231.